The molecule has 0 radical (unpaired) electrons. The number of rotatable bonds is 6. The molecule has 0 fully saturated rings. The Labute approximate surface area is 115 Å². The second-order valence-corrected chi connectivity index (χ2v) is 4.71. The van der Waals surface area contributed by atoms with Gasteiger partial charge in [0.05, 0.1) is 12.7 Å². The number of hydrogen-bond donors (Lipinski definition) is 1. The third kappa shape index (κ3) is 3.63. The van der Waals surface area contributed by atoms with Crippen molar-refractivity contribution >= 4 is 5.91 Å². The van der Waals surface area contributed by atoms with E-state index in [1.165, 1.54) is 7.11 Å². The van der Waals surface area contributed by atoms with Crippen LogP contribution >= 0.6 is 0 Å². The summed E-state index contributed by atoms with van der Waals surface area (Å²) in [5.41, 5.74) is 0.296. The average molecular weight is 265 g/mol. The number of ether oxygens (including phenoxy) is 1. The van der Waals surface area contributed by atoms with E-state index in [-0.39, 0.29) is 11.7 Å². The van der Waals surface area contributed by atoms with Crippen LogP contribution in [0.15, 0.2) is 18.2 Å². The summed E-state index contributed by atoms with van der Waals surface area (Å²) < 4.78 is 5.03. The molecule has 1 unspecified atom stereocenters. The molecule has 4 nitrogen and oxygen atoms in total. The fourth-order valence-corrected chi connectivity index (χ4v) is 1.89. The molecule has 0 bridgehead atoms. The number of phenolic OH excluding ortho intramolecular Hbond substituents is 1. The van der Waals surface area contributed by atoms with Crippen LogP contribution in [0, 0.1) is 5.92 Å². The summed E-state index contributed by atoms with van der Waals surface area (Å²) >= 11 is 0. The van der Waals surface area contributed by atoms with Crippen LogP contribution in [0.3, 0.4) is 0 Å². The Kier molecular flexibility index (Phi) is 5.67. The van der Waals surface area contributed by atoms with Gasteiger partial charge in [0.25, 0.3) is 5.91 Å². The van der Waals surface area contributed by atoms with Crippen molar-refractivity contribution in [3.05, 3.63) is 23.8 Å². The summed E-state index contributed by atoms with van der Waals surface area (Å²) in [5, 5.41) is 10.0. The van der Waals surface area contributed by atoms with Crippen molar-refractivity contribution in [3.8, 4) is 11.5 Å². The number of carbonyl (C=O) groups is 1. The van der Waals surface area contributed by atoms with E-state index < -0.39 is 0 Å². The third-order valence-electron chi connectivity index (χ3n) is 3.35. The average Bonchev–Trinajstić information content (AvgIpc) is 2.44. The Balaban J connectivity index is 2.97. The molecular weight excluding hydrogens is 242 g/mol. The normalized spacial score (nSPS) is 12.0. The lowest BCUT2D eigenvalue weighted by Crippen LogP contribution is -2.34. The second kappa shape index (κ2) is 7.02. The zero-order valence-corrected chi connectivity index (χ0v) is 12.1. The quantitative estimate of drug-likeness (QED) is 0.860. The highest BCUT2D eigenvalue weighted by atomic mass is 16.5. The molecule has 0 heterocycles. The Morgan fingerprint density at radius 2 is 2.11 bits per heavy atom. The fourth-order valence-electron chi connectivity index (χ4n) is 1.89. The van der Waals surface area contributed by atoms with Gasteiger partial charge in [0.15, 0.2) is 11.5 Å². The summed E-state index contributed by atoms with van der Waals surface area (Å²) in [7, 11) is 1.47. The maximum Gasteiger partial charge on any atom is 0.257 e. The first-order valence-corrected chi connectivity index (χ1v) is 6.70. The first kappa shape index (κ1) is 15.3. The zero-order valence-electron chi connectivity index (χ0n) is 12.1. The van der Waals surface area contributed by atoms with Gasteiger partial charge in [-0.25, -0.2) is 0 Å². The number of para-hydroxylation sites is 1. The molecule has 0 spiro atoms. The molecule has 106 valence electrons. The van der Waals surface area contributed by atoms with E-state index >= 15 is 0 Å². The van der Waals surface area contributed by atoms with E-state index in [1.807, 2.05) is 6.92 Å². The fraction of sp³-hybridized carbons (Fsp3) is 0.533. The molecule has 1 atom stereocenters. The van der Waals surface area contributed by atoms with Crippen LogP contribution < -0.4 is 4.74 Å². The van der Waals surface area contributed by atoms with E-state index in [0.717, 1.165) is 6.42 Å². The summed E-state index contributed by atoms with van der Waals surface area (Å²) in [6, 6.07) is 4.97. The first-order valence-electron chi connectivity index (χ1n) is 6.70. The van der Waals surface area contributed by atoms with Gasteiger partial charge in [-0.3, -0.25) is 4.79 Å². The highest BCUT2D eigenvalue weighted by Gasteiger charge is 2.20. The van der Waals surface area contributed by atoms with Crippen LogP contribution in [-0.4, -0.2) is 36.1 Å². The van der Waals surface area contributed by atoms with Gasteiger partial charge in [-0.15, -0.1) is 0 Å². The monoisotopic (exact) mass is 265 g/mol. The summed E-state index contributed by atoms with van der Waals surface area (Å²) in [6.07, 6.45) is 1.02. The molecule has 1 aromatic carbocycles. The minimum Gasteiger partial charge on any atom is -0.504 e. The molecular formula is C15H23NO3. The number of methoxy groups -OCH3 is 1. The topological polar surface area (TPSA) is 49.8 Å². The molecule has 1 rings (SSSR count). The molecule has 0 aromatic heterocycles. The lowest BCUT2D eigenvalue weighted by atomic mass is 10.1. The van der Waals surface area contributed by atoms with Crippen molar-refractivity contribution < 1.29 is 14.6 Å². The molecule has 1 amide bonds. The van der Waals surface area contributed by atoms with E-state index in [2.05, 4.69) is 13.8 Å². The zero-order chi connectivity index (χ0) is 14.4. The van der Waals surface area contributed by atoms with Crippen molar-refractivity contribution in [1.82, 2.24) is 4.90 Å². The molecule has 0 aliphatic carbocycles. The van der Waals surface area contributed by atoms with Gasteiger partial charge >= 0.3 is 0 Å². The van der Waals surface area contributed by atoms with Gasteiger partial charge in [-0.1, -0.05) is 26.3 Å². The number of aromatic hydroxyl groups is 1. The van der Waals surface area contributed by atoms with Crippen molar-refractivity contribution in [2.75, 3.05) is 20.2 Å². The predicted octanol–water partition coefficient (Wildman–Crippen LogP) is 2.91. The smallest absolute Gasteiger partial charge is 0.257 e. The SMILES string of the molecule is CCC(C)CN(CC)C(=O)c1cccc(OC)c1O. The van der Waals surface area contributed by atoms with Gasteiger partial charge in [0, 0.05) is 13.1 Å². The molecule has 0 saturated carbocycles. The lowest BCUT2D eigenvalue weighted by Gasteiger charge is -2.24. The van der Waals surface area contributed by atoms with Gasteiger partial charge in [0.1, 0.15) is 0 Å². The molecule has 0 aliphatic rings. The Morgan fingerprint density at radius 1 is 1.42 bits per heavy atom. The van der Waals surface area contributed by atoms with Crippen LogP contribution in [0.5, 0.6) is 11.5 Å². The maximum absolute atomic E-state index is 12.4. The number of carbonyl (C=O) groups excluding carboxylic acids is 1. The standard InChI is InChI=1S/C15H23NO3/c1-5-11(3)10-16(6-2)15(18)12-8-7-9-13(19-4)14(12)17/h7-9,11,17H,5-6,10H2,1-4H3. The number of nitrogens with zero attached hydrogens (tertiary/aromatic N) is 1. The second-order valence-electron chi connectivity index (χ2n) is 4.71. The van der Waals surface area contributed by atoms with E-state index in [0.29, 0.717) is 30.3 Å². The van der Waals surface area contributed by atoms with Crippen LogP contribution in [-0.2, 0) is 0 Å². The molecule has 1 N–H and O–H groups in total. The van der Waals surface area contributed by atoms with Crippen LogP contribution in [0.2, 0.25) is 0 Å². The molecule has 4 heteroatoms. The summed E-state index contributed by atoms with van der Waals surface area (Å²) in [5.74, 6) is 0.527. The van der Waals surface area contributed by atoms with E-state index in [9.17, 15) is 9.90 Å². The Bertz CT molecular complexity index is 431. The molecule has 0 saturated heterocycles. The van der Waals surface area contributed by atoms with E-state index in [1.54, 1.807) is 23.1 Å². The van der Waals surface area contributed by atoms with Crippen molar-refractivity contribution in [3.63, 3.8) is 0 Å². The Hall–Kier alpha value is -1.71. The minimum absolute atomic E-state index is 0.0856. The maximum atomic E-state index is 12.4. The van der Waals surface area contributed by atoms with Crippen molar-refractivity contribution in [2.24, 2.45) is 5.92 Å². The summed E-state index contributed by atoms with van der Waals surface area (Å²) in [6.45, 7) is 7.48. The van der Waals surface area contributed by atoms with Crippen molar-refractivity contribution in [2.45, 2.75) is 27.2 Å². The lowest BCUT2D eigenvalue weighted by molar-refractivity contribution is 0.0737. The Morgan fingerprint density at radius 3 is 2.63 bits per heavy atom. The number of hydrogen-bond acceptors (Lipinski definition) is 3. The number of benzene rings is 1. The van der Waals surface area contributed by atoms with Gasteiger partial charge in [-0.05, 0) is 25.0 Å². The summed E-state index contributed by atoms with van der Waals surface area (Å²) in [4.78, 5) is 14.2. The largest absolute Gasteiger partial charge is 0.504 e. The first-order chi connectivity index (χ1) is 9.04. The number of phenols is 1. The predicted molar refractivity (Wildman–Crippen MR) is 75.7 cm³/mol. The van der Waals surface area contributed by atoms with Crippen LogP contribution in [0.25, 0.3) is 0 Å². The minimum atomic E-state index is -0.154. The van der Waals surface area contributed by atoms with E-state index in [4.69, 9.17) is 4.74 Å². The number of amides is 1. The highest BCUT2D eigenvalue weighted by Crippen LogP contribution is 2.30. The van der Waals surface area contributed by atoms with Crippen LogP contribution in [0.4, 0.5) is 0 Å². The molecule has 19 heavy (non-hydrogen) atoms. The highest BCUT2D eigenvalue weighted by molar-refractivity contribution is 5.97. The van der Waals surface area contributed by atoms with Gasteiger partial charge < -0.3 is 14.7 Å². The third-order valence-corrected chi connectivity index (χ3v) is 3.35. The molecule has 1 aromatic rings. The van der Waals surface area contributed by atoms with Gasteiger partial charge in [0.2, 0.25) is 0 Å². The van der Waals surface area contributed by atoms with Crippen molar-refractivity contribution in [1.29, 1.82) is 0 Å². The van der Waals surface area contributed by atoms with Crippen LogP contribution in [0.1, 0.15) is 37.6 Å². The molecule has 0 aliphatic heterocycles. The van der Waals surface area contributed by atoms with Gasteiger partial charge in [-0.2, -0.15) is 0 Å².